The van der Waals surface area contributed by atoms with E-state index in [0.29, 0.717) is 17.1 Å². The molecule has 1 unspecified atom stereocenters. The second-order valence-electron chi connectivity index (χ2n) is 4.65. The zero-order valence-electron chi connectivity index (χ0n) is 12.0. The molecule has 0 aliphatic carbocycles. The predicted octanol–water partition coefficient (Wildman–Crippen LogP) is 2.63. The van der Waals surface area contributed by atoms with Crippen molar-refractivity contribution in [1.29, 1.82) is 0 Å². The summed E-state index contributed by atoms with van der Waals surface area (Å²) >= 11 is 5.88. The molecule has 1 rings (SSSR count). The third kappa shape index (κ3) is 4.49. The number of hydrogen-bond donors (Lipinski definition) is 0. The smallest absolute Gasteiger partial charge is 0.254 e. The highest BCUT2D eigenvalue weighted by molar-refractivity contribution is 7.91. The molecule has 1 aromatic carbocycles. The van der Waals surface area contributed by atoms with Crippen LogP contribution in [0.5, 0.6) is 0 Å². The average molecular weight is 318 g/mol. The minimum Gasteiger partial charge on any atom is -0.335 e. The van der Waals surface area contributed by atoms with Crippen molar-refractivity contribution in [1.82, 2.24) is 4.90 Å². The number of hydrogen-bond acceptors (Lipinski definition) is 3. The van der Waals surface area contributed by atoms with E-state index < -0.39 is 9.84 Å². The summed E-state index contributed by atoms with van der Waals surface area (Å²) in [7, 11) is -3.12. The van der Waals surface area contributed by atoms with E-state index in [4.69, 9.17) is 11.6 Å². The Morgan fingerprint density at radius 2 is 2.00 bits per heavy atom. The van der Waals surface area contributed by atoms with E-state index in [-0.39, 0.29) is 23.5 Å². The van der Waals surface area contributed by atoms with Crippen LogP contribution in [-0.4, -0.2) is 43.3 Å². The van der Waals surface area contributed by atoms with Crippen LogP contribution in [0.1, 0.15) is 31.1 Å². The molecule has 0 heterocycles. The fourth-order valence-electron chi connectivity index (χ4n) is 2.02. The van der Waals surface area contributed by atoms with Gasteiger partial charge in [-0.3, -0.25) is 4.79 Å². The molecule has 20 heavy (non-hydrogen) atoms. The Kier molecular flexibility index (Phi) is 6.02. The first-order chi connectivity index (χ1) is 9.30. The van der Waals surface area contributed by atoms with Gasteiger partial charge in [0.25, 0.3) is 5.91 Å². The highest BCUT2D eigenvalue weighted by Crippen LogP contribution is 2.15. The summed E-state index contributed by atoms with van der Waals surface area (Å²) in [6.45, 7) is 5.64. The number of benzene rings is 1. The van der Waals surface area contributed by atoms with E-state index in [9.17, 15) is 13.2 Å². The number of carbonyl (C=O) groups is 1. The number of sulfone groups is 1. The van der Waals surface area contributed by atoms with Crippen LogP contribution in [0.25, 0.3) is 0 Å². The second kappa shape index (κ2) is 7.09. The molecule has 0 aliphatic heterocycles. The molecule has 0 N–H and O–H groups in total. The maximum atomic E-state index is 12.4. The van der Waals surface area contributed by atoms with Gasteiger partial charge in [0.2, 0.25) is 0 Å². The molecule has 0 radical (unpaired) electrons. The van der Waals surface area contributed by atoms with Gasteiger partial charge in [-0.05, 0) is 32.0 Å². The number of nitrogens with zero attached hydrogens (tertiary/aromatic N) is 1. The molecule has 1 atom stereocenters. The molecule has 0 aliphatic rings. The Morgan fingerprint density at radius 3 is 2.50 bits per heavy atom. The molecule has 0 saturated heterocycles. The van der Waals surface area contributed by atoms with E-state index in [0.717, 1.165) is 0 Å². The maximum Gasteiger partial charge on any atom is 0.254 e. The molecule has 0 saturated carbocycles. The van der Waals surface area contributed by atoms with Crippen LogP contribution in [0.15, 0.2) is 24.3 Å². The van der Waals surface area contributed by atoms with Crippen LogP contribution in [0.4, 0.5) is 0 Å². The van der Waals surface area contributed by atoms with E-state index >= 15 is 0 Å². The lowest BCUT2D eigenvalue weighted by Crippen LogP contribution is -2.42. The SMILES string of the molecule is CCN(C(=O)c1cccc(Cl)c1)C(C)CS(=O)(=O)CC. The van der Waals surface area contributed by atoms with Crippen LogP contribution in [0.3, 0.4) is 0 Å². The van der Waals surface area contributed by atoms with Gasteiger partial charge in [0.1, 0.15) is 0 Å². The zero-order chi connectivity index (χ0) is 15.3. The van der Waals surface area contributed by atoms with Gasteiger partial charge in [-0.2, -0.15) is 0 Å². The van der Waals surface area contributed by atoms with Crippen LogP contribution in [0.2, 0.25) is 5.02 Å². The summed E-state index contributed by atoms with van der Waals surface area (Å²) in [5.74, 6) is -0.141. The first-order valence-corrected chi connectivity index (χ1v) is 8.77. The molecule has 6 heteroatoms. The minimum absolute atomic E-state index is 0.0242. The Morgan fingerprint density at radius 1 is 1.35 bits per heavy atom. The average Bonchev–Trinajstić information content (AvgIpc) is 2.38. The number of rotatable bonds is 6. The van der Waals surface area contributed by atoms with Gasteiger partial charge < -0.3 is 4.90 Å². The molecule has 0 aromatic heterocycles. The lowest BCUT2D eigenvalue weighted by Gasteiger charge is -2.28. The topological polar surface area (TPSA) is 54.5 Å². The van der Waals surface area contributed by atoms with Gasteiger partial charge in [0.15, 0.2) is 9.84 Å². The van der Waals surface area contributed by atoms with Crippen LogP contribution in [0, 0.1) is 0 Å². The molecular formula is C14H20ClNO3S. The van der Waals surface area contributed by atoms with E-state index in [1.165, 1.54) is 0 Å². The standard InChI is InChI=1S/C14H20ClNO3S/c1-4-16(11(3)10-20(18,19)5-2)14(17)12-7-6-8-13(15)9-12/h6-9,11H,4-5,10H2,1-3H3. The van der Waals surface area contributed by atoms with Gasteiger partial charge in [-0.1, -0.05) is 24.6 Å². The van der Waals surface area contributed by atoms with Gasteiger partial charge >= 0.3 is 0 Å². The van der Waals surface area contributed by atoms with Crippen molar-refractivity contribution >= 4 is 27.3 Å². The molecule has 0 spiro atoms. The van der Waals surface area contributed by atoms with Crippen molar-refractivity contribution in [2.24, 2.45) is 0 Å². The molecule has 0 fully saturated rings. The molecule has 1 amide bonds. The summed E-state index contributed by atoms with van der Waals surface area (Å²) in [5.41, 5.74) is 0.472. The van der Waals surface area contributed by atoms with E-state index in [1.807, 2.05) is 6.92 Å². The zero-order valence-corrected chi connectivity index (χ0v) is 13.5. The summed E-state index contributed by atoms with van der Waals surface area (Å²) in [5, 5.41) is 0.487. The lowest BCUT2D eigenvalue weighted by molar-refractivity contribution is 0.0719. The first kappa shape index (κ1) is 17.0. The van der Waals surface area contributed by atoms with Crippen LogP contribution < -0.4 is 0 Å². The maximum absolute atomic E-state index is 12.4. The molecule has 4 nitrogen and oxygen atoms in total. The lowest BCUT2D eigenvalue weighted by atomic mass is 10.1. The van der Waals surface area contributed by atoms with Crippen LogP contribution in [-0.2, 0) is 9.84 Å². The highest BCUT2D eigenvalue weighted by atomic mass is 35.5. The van der Waals surface area contributed by atoms with Crippen molar-refractivity contribution in [2.75, 3.05) is 18.1 Å². The van der Waals surface area contributed by atoms with Crippen molar-refractivity contribution in [3.63, 3.8) is 0 Å². The predicted molar refractivity (Wildman–Crippen MR) is 82.0 cm³/mol. The fourth-order valence-corrected chi connectivity index (χ4v) is 3.36. The Hall–Kier alpha value is -1.07. The van der Waals surface area contributed by atoms with Crippen molar-refractivity contribution in [3.05, 3.63) is 34.9 Å². The molecular weight excluding hydrogens is 298 g/mol. The Balaban J connectivity index is 2.93. The number of halogens is 1. The first-order valence-electron chi connectivity index (χ1n) is 6.57. The number of amides is 1. The Labute approximate surface area is 125 Å². The van der Waals surface area contributed by atoms with E-state index in [1.54, 1.807) is 43.0 Å². The summed E-state index contributed by atoms with van der Waals surface area (Å²) in [4.78, 5) is 14.0. The van der Waals surface area contributed by atoms with Gasteiger partial charge in [0.05, 0.1) is 5.75 Å². The van der Waals surface area contributed by atoms with E-state index in [2.05, 4.69) is 0 Å². The van der Waals surface area contributed by atoms with Crippen LogP contribution >= 0.6 is 11.6 Å². The Bertz CT molecular complexity index is 572. The third-order valence-electron chi connectivity index (χ3n) is 3.14. The second-order valence-corrected chi connectivity index (χ2v) is 7.48. The molecule has 112 valence electrons. The minimum atomic E-state index is -3.12. The summed E-state index contributed by atoms with van der Waals surface area (Å²) < 4.78 is 23.4. The fraction of sp³-hybridized carbons (Fsp3) is 0.500. The third-order valence-corrected chi connectivity index (χ3v) is 5.25. The molecule has 1 aromatic rings. The van der Waals surface area contributed by atoms with Crippen molar-refractivity contribution in [2.45, 2.75) is 26.8 Å². The number of carbonyl (C=O) groups excluding carboxylic acids is 1. The van der Waals surface area contributed by atoms with Crippen molar-refractivity contribution < 1.29 is 13.2 Å². The summed E-state index contributed by atoms with van der Waals surface area (Å²) in [6.07, 6.45) is 0. The van der Waals surface area contributed by atoms with Gasteiger partial charge in [0, 0.05) is 28.9 Å². The highest BCUT2D eigenvalue weighted by Gasteiger charge is 2.24. The molecule has 0 bridgehead atoms. The summed E-state index contributed by atoms with van der Waals surface area (Å²) in [6, 6.07) is 6.30. The van der Waals surface area contributed by atoms with Gasteiger partial charge in [-0.25, -0.2) is 8.42 Å². The largest absolute Gasteiger partial charge is 0.335 e. The quantitative estimate of drug-likeness (QED) is 0.810. The normalized spacial score (nSPS) is 13.0. The van der Waals surface area contributed by atoms with Crippen molar-refractivity contribution in [3.8, 4) is 0 Å². The monoisotopic (exact) mass is 317 g/mol. The van der Waals surface area contributed by atoms with Gasteiger partial charge in [-0.15, -0.1) is 0 Å².